The maximum atomic E-state index is 12.9. The Labute approximate surface area is 227 Å². The topological polar surface area (TPSA) is 108 Å². The summed E-state index contributed by atoms with van der Waals surface area (Å²) in [6.07, 6.45) is 0. The number of nitrogens with one attached hydrogen (secondary N) is 3. The van der Waals surface area contributed by atoms with Gasteiger partial charge in [0.25, 0.3) is 11.5 Å². The third kappa shape index (κ3) is 7.60. The largest absolute Gasteiger partial charge is 0.495 e. The number of H-pyrrole nitrogens is 1. The van der Waals surface area contributed by atoms with Crippen LogP contribution in [0.15, 0.2) is 93.5 Å². The van der Waals surface area contributed by atoms with Gasteiger partial charge in [-0.3, -0.25) is 19.9 Å². The Balaban J connectivity index is 1.64. The molecular formula is C26H21Cl2N5O3S. The average molecular weight is 554 g/mol. The predicted molar refractivity (Wildman–Crippen MR) is 149 cm³/mol. The quantitative estimate of drug-likeness (QED) is 0.149. The second kappa shape index (κ2) is 12.4. The lowest BCUT2D eigenvalue weighted by Gasteiger charge is -2.14. The number of ether oxygens (including phenoxy) is 1. The summed E-state index contributed by atoms with van der Waals surface area (Å²) in [6.45, 7) is 0. The smallest absolute Gasteiger partial charge is 0.257 e. The van der Waals surface area contributed by atoms with Crippen molar-refractivity contribution in [3.05, 3.63) is 111 Å². The number of halogens is 2. The zero-order valence-electron chi connectivity index (χ0n) is 19.5. The zero-order chi connectivity index (χ0) is 26.2. The van der Waals surface area contributed by atoms with Crippen LogP contribution in [0.4, 0.5) is 11.6 Å². The molecule has 0 aliphatic rings. The van der Waals surface area contributed by atoms with E-state index in [-0.39, 0.29) is 17.5 Å². The van der Waals surface area contributed by atoms with Crippen molar-refractivity contribution in [2.45, 2.75) is 10.6 Å². The van der Waals surface area contributed by atoms with E-state index in [2.05, 4.69) is 25.6 Å². The van der Waals surface area contributed by atoms with Crippen molar-refractivity contribution in [2.24, 2.45) is 4.99 Å². The van der Waals surface area contributed by atoms with Gasteiger partial charge >= 0.3 is 0 Å². The molecule has 3 aromatic carbocycles. The highest BCUT2D eigenvalue weighted by molar-refractivity contribution is 7.98. The number of carbonyl (C=O) groups is 1. The van der Waals surface area contributed by atoms with Crippen LogP contribution in [0, 0.1) is 0 Å². The minimum Gasteiger partial charge on any atom is -0.495 e. The second-order valence-corrected chi connectivity index (χ2v) is 9.47. The number of rotatable bonds is 7. The number of aromatic nitrogens is 2. The molecule has 4 aromatic rings. The number of carbonyl (C=O) groups excluding carboxylic acids is 1. The highest BCUT2D eigenvalue weighted by Crippen LogP contribution is 2.28. The van der Waals surface area contributed by atoms with E-state index >= 15 is 0 Å². The van der Waals surface area contributed by atoms with Gasteiger partial charge in [0.05, 0.1) is 18.5 Å². The molecule has 4 rings (SSSR count). The molecule has 0 bridgehead atoms. The Morgan fingerprint density at radius 1 is 1.03 bits per heavy atom. The molecule has 37 heavy (non-hydrogen) atoms. The van der Waals surface area contributed by atoms with E-state index in [1.165, 1.54) is 24.9 Å². The molecule has 8 nitrogen and oxygen atoms in total. The number of anilines is 1. The predicted octanol–water partition coefficient (Wildman–Crippen LogP) is 5.91. The fourth-order valence-corrected chi connectivity index (χ4v) is 4.27. The maximum absolute atomic E-state index is 12.9. The molecule has 0 atom stereocenters. The van der Waals surface area contributed by atoms with Crippen molar-refractivity contribution in [3.8, 4) is 5.75 Å². The van der Waals surface area contributed by atoms with Crippen LogP contribution in [0.1, 0.15) is 16.1 Å². The van der Waals surface area contributed by atoms with Crippen LogP contribution >= 0.6 is 35.0 Å². The minimum absolute atomic E-state index is 0.0102. The summed E-state index contributed by atoms with van der Waals surface area (Å²) in [6, 6.07) is 22.4. The summed E-state index contributed by atoms with van der Waals surface area (Å²) in [5.74, 6) is 0.511. The van der Waals surface area contributed by atoms with Gasteiger partial charge in [-0.2, -0.15) is 4.99 Å². The van der Waals surface area contributed by atoms with Crippen molar-refractivity contribution in [2.75, 3.05) is 12.4 Å². The maximum Gasteiger partial charge on any atom is 0.257 e. The number of hydrogen-bond donors (Lipinski definition) is 3. The molecule has 1 aromatic heterocycles. The van der Waals surface area contributed by atoms with Crippen molar-refractivity contribution < 1.29 is 9.53 Å². The summed E-state index contributed by atoms with van der Waals surface area (Å²) < 4.78 is 5.39. The lowest BCUT2D eigenvalue weighted by molar-refractivity contribution is 0.0977. The first kappa shape index (κ1) is 26.3. The van der Waals surface area contributed by atoms with E-state index in [0.29, 0.717) is 38.5 Å². The van der Waals surface area contributed by atoms with Gasteiger partial charge in [-0.25, -0.2) is 4.98 Å². The standard InChI is InChI=1S/C26H21Cl2N5O3S/c1-36-22-12-9-18(28)13-21(22)30-26(32-24(35)16-5-3-2-4-6-16)33-25-29-19(14-23(34)31-25)15-37-20-10-7-17(27)8-11-20/h2-14H,15H2,1H3,(H3,29,30,31,32,33,34,35). The van der Waals surface area contributed by atoms with Crippen LogP contribution < -0.4 is 20.9 Å². The van der Waals surface area contributed by atoms with Crippen molar-refractivity contribution in [1.82, 2.24) is 15.3 Å². The molecule has 1 amide bonds. The van der Waals surface area contributed by atoms with E-state index in [1.807, 2.05) is 18.2 Å². The van der Waals surface area contributed by atoms with Crippen molar-refractivity contribution >= 4 is 58.5 Å². The summed E-state index contributed by atoms with van der Waals surface area (Å²) in [7, 11) is 1.51. The summed E-state index contributed by atoms with van der Waals surface area (Å²) in [5.41, 5.74) is 1.01. The van der Waals surface area contributed by atoms with E-state index in [1.54, 1.807) is 54.6 Å². The van der Waals surface area contributed by atoms with Gasteiger partial charge in [-0.05, 0) is 54.6 Å². The number of aliphatic imine (C=N–C) groups is 1. The SMILES string of the molecule is COc1ccc(Cl)cc1NC(=Nc1nc(CSc2ccc(Cl)cc2)cc(=O)[nH]1)NC(=O)c1ccccc1. The van der Waals surface area contributed by atoms with Crippen LogP contribution in [0.5, 0.6) is 5.75 Å². The van der Waals surface area contributed by atoms with E-state index < -0.39 is 5.91 Å². The molecule has 3 N–H and O–H groups in total. The highest BCUT2D eigenvalue weighted by atomic mass is 35.5. The van der Waals surface area contributed by atoms with Gasteiger partial charge in [-0.15, -0.1) is 11.8 Å². The number of thioether (sulfide) groups is 1. The van der Waals surface area contributed by atoms with Crippen molar-refractivity contribution in [1.29, 1.82) is 0 Å². The molecule has 0 radical (unpaired) electrons. The first-order chi connectivity index (χ1) is 17.9. The number of hydrogen-bond acceptors (Lipinski definition) is 6. The Kier molecular flexibility index (Phi) is 8.84. The molecule has 0 fully saturated rings. The van der Waals surface area contributed by atoms with Crippen LogP contribution in [-0.2, 0) is 5.75 Å². The molecule has 0 spiro atoms. The fraction of sp³-hybridized carbons (Fsp3) is 0.0769. The van der Waals surface area contributed by atoms with Crippen LogP contribution in [0.3, 0.4) is 0 Å². The van der Waals surface area contributed by atoms with Crippen LogP contribution in [0.25, 0.3) is 0 Å². The number of amides is 1. The van der Waals surface area contributed by atoms with Crippen LogP contribution in [-0.4, -0.2) is 28.9 Å². The molecule has 0 saturated carbocycles. The number of nitrogens with zero attached hydrogens (tertiary/aromatic N) is 2. The first-order valence-electron chi connectivity index (χ1n) is 10.9. The molecule has 1 heterocycles. The van der Waals surface area contributed by atoms with E-state index in [4.69, 9.17) is 27.9 Å². The number of methoxy groups -OCH3 is 1. The molecule has 11 heteroatoms. The summed E-state index contributed by atoms with van der Waals surface area (Å²) in [4.78, 5) is 37.6. The van der Waals surface area contributed by atoms with E-state index in [0.717, 1.165) is 4.90 Å². The summed E-state index contributed by atoms with van der Waals surface area (Å²) >= 11 is 13.6. The van der Waals surface area contributed by atoms with Gasteiger partial charge in [-0.1, -0.05) is 41.4 Å². The number of aromatic amines is 1. The first-order valence-corrected chi connectivity index (χ1v) is 12.7. The normalized spacial score (nSPS) is 11.2. The molecular weight excluding hydrogens is 533 g/mol. The summed E-state index contributed by atoms with van der Waals surface area (Å²) in [5, 5.41) is 6.84. The average Bonchev–Trinajstić information content (AvgIpc) is 2.88. The Hall–Kier alpha value is -3.79. The molecule has 0 unspecified atom stereocenters. The lowest BCUT2D eigenvalue weighted by atomic mass is 10.2. The van der Waals surface area contributed by atoms with Gasteiger partial charge in [0.2, 0.25) is 11.9 Å². The Morgan fingerprint density at radius 2 is 1.76 bits per heavy atom. The van der Waals surface area contributed by atoms with Crippen molar-refractivity contribution in [3.63, 3.8) is 0 Å². The Morgan fingerprint density at radius 3 is 2.49 bits per heavy atom. The van der Waals surface area contributed by atoms with Gasteiger partial charge in [0, 0.05) is 32.3 Å². The highest BCUT2D eigenvalue weighted by Gasteiger charge is 2.13. The van der Waals surface area contributed by atoms with Gasteiger partial charge in [0.1, 0.15) is 5.75 Å². The molecule has 188 valence electrons. The van der Waals surface area contributed by atoms with E-state index in [9.17, 15) is 9.59 Å². The monoisotopic (exact) mass is 553 g/mol. The third-order valence-corrected chi connectivity index (χ3v) is 6.42. The van der Waals surface area contributed by atoms with Gasteiger partial charge < -0.3 is 10.1 Å². The third-order valence-electron chi connectivity index (χ3n) is 4.88. The second-order valence-electron chi connectivity index (χ2n) is 7.55. The zero-order valence-corrected chi connectivity index (χ0v) is 21.8. The molecule has 0 aliphatic heterocycles. The molecule has 0 aliphatic carbocycles. The Bertz CT molecular complexity index is 1480. The lowest BCUT2D eigenvalue weighted by Crippen LogP contribution is -2.36. The van der Waals surface area contributed by atoms with Crippen LogP contribution in [0.2, 0.25) is 10.0 Å². The number of benzene rings is 3. The van der Waals surface area contributed by atoms with Gasteiger partial charge in [0.15, 0.2) is 0 Å². The minimum atomic E-state index is -0.412. The fourth-order valence-electron chi connectivity index (χ4n) is 3.18. The number of guanidine groups is 1. The molecule has 0 saturated heterocycles.